The number of aliphatic imine (C=N–C) groups is 1. The van der Waals surface area contributed by atoms with E-state index in [1.807, 2.05) is 0 Å². The monoisotopic (exact) mass is 335 g/mol. The van der Waals surface area contributed by atoms with Crippen molar-refractivity contribution in [2.24, 2.45) is 10.7 Å². The van der Waals surface area contributed by atoms with Crippen molar-refractivity contribution < 1.29 is 9.21 Å². The highest BCUT2D eigenvalue weighted by Gasteiger charge is 2.24. The van der Waals surface area contributed by atoms with Gasteiger partial charge < -0.3 is 20.4 Å². The van der Waals surface area contributed by atoms with Crippen LogP contribution in [0.15, 0.2) is 21.5 Å². The molecule has 2 heterocycles. The first kappa shape index (κ1) is 18.3. The maximum atomic E-state index is 11.1. The zero-order chi connectivity index (χ0) is 17.5. The van der Waals surface area contributed by atoms with Crippen LogP contribution in [-0.4, -0.2) is 60.9 Å². The minimum Gasteiger partial charge on any atom is -0.454 e. The zero-order valence-electron chi connectivity index (χ0n) is 14.9. The highest BCUT2D eigenvalue weighted by atomic mass is 16.3. The molecule has 0 radical (unpaired) electrons. The van der Waals surface area contributed by atoms with Gasteiger partial charge in [-0.3, -0.25) is 9.69 Å². The molecule has 7 heteroatoms. The molecule has 1 aromatic rings. The maximum absolute atomic E-state index is 11.1. The lowest BCUT2D eigenvalue weighted by Crippen LogP contribution is -2.45. The van der Waals surface area contributed by atoms with Crippen LogP contribution in [0.3, 0.4) is 0 Å². The number of primary amides is 1. The highest BCUT2D eigenvalue weighted by molar-refractivity contribution is 5.89. The summed E-state index contributed by atoms with van der Waals surface area (Å²) in [6.45, 7) is 8.67. The van der Waals surface area contributed by atoms with Gasteiger partial charge in [0.2, 0.25) is 0 Å². The van der Waals surface area contributed by atoms with Crippen molar-refractivity contribution in [2.75, 3.05) is 33.2 Å². The van der Waals surface area contributed by atoms with Gasteiger partial charge in [-0.1, -0.05) is 6.92 Å². The molecule has 2 rings (SSSR count). The number of carbonyl (C=O) groups is 1. The van der Waals surface area contributed by atoms with Gasteiger partial charge in [0.1, 0.15) is 12.3 Å². The average Bonchev–Trinajstić information content (AvgIpc) is 3.20. The summed E-state index contributed by atoms with van der Waals surface area (Å²) in [5, 5.41) is 3.31. The van der Waals surface area contributed by atoms with E-state index in [-0.39, 0.29) is 5.76 Å². The number of nitrogens with one attached hydrogen (secondary N) is 1. The van der Waals surface area contributed by atoms with Gasteiger partial charge in [0.05, 0.1) is 0 Å². The largest absolute Gasteiger partial charge is 0.454 e. The van der Waals surface area contributed by atoms with E-state index in [1.54, 1.807) is 12.1 Å². The topological polar surface area (TPSA) is 87.1 Å². The summed E-state index contributed by atoms with van der Waals surface area (Å²) in [5.41, 5.74) is 5.20. The third kappa shape index (κ3) is 4.74. The molecular weight excluding hydrogens is 306 g/mol. The number of hydrogen-bond acceptors (Lipinski definition) is 4. The number of amides is 1. The summed E-state index contributed by atoms with van der Waals surface area (Å²) >= 11 is 0. The Balaban J connectivity index is 1.99. The second-order valence-electron chi connectivity index (χ2n) is 6.11. The van der Waals surface area contributed by atoms with Gasteiger partial charge in [-0.2, -0.15) is 0 Å². The Hall–Kier alpha value is -2.02. The van der Waals surface area contributed by atoms with Gasteiger partial charge in [-0.05, 0) is 45.0 Å². The molecule has 1 aromatic heterocycles. The molecular formula is C17H29N5O2. The fraction of sp³-hybridized carbons (Fsp3) is 0.647. The van der Waals surface area contributed by atoms with Crippen molar-refractivity contribution in [3.05, 3.63) is 23.7 Å². The van der Waals surface area contributed by atoms with Crippen LogP contribution in [0.5, 0.6) is 0 Å². The molecule has 1 fully saturated rings. The molecule has 0 bridgehead atoms. The van der Waals surface area contributed by atoms with Crippen LogP contribution in [0.2, 0.25) is 0 Å². The lowest BCUT2D eigenvalue weighted by molar-refractivity contribution is 0.0972. The fourth-order valence-electron chi connectivity index (χ4n) is 3.14. The molecule has 1 aliphatic heterocycles. The van der Waals surface area contributed by atoms with Crippen molar-refractivity contribution in [3.63, 3.8) is 0 Å². The molecule has 24 heavy (non-hydrogen) atoms. The summed E-state index contributed by atoms with van der Waals surface area (Å²) in [5.74, 6) is 1.08. The summed E-state index contributed by atoms with van der Waals surface area (Å²) in [6.07, 6.45) is 2.50. The Morgan fingerprint density at radius 1 is 1.50 bits per heavy atom. The fourth-order valence-corrected chi connectivity index (χ4v) is 3.14. The summed E-state index contributed by atoms with van der Waals surface area (Å²) in [7, 11) is 2.06. The molecule has 1 aliphatic rings. The molecule has 1 atom stereocenters. The number of nitrogens with two attached hydrogens (primary N) is 1. The summed E-state index contributed by atoms with van der Waals surface area (Å²) in [6, 6.07) is 3.90. The molecule has 134 valence electrons. The number of guanidine groups is 1. The van der Waals surface area contributed by atoms with Crippen LogP contribution in [0, 0.1) is 0 Å². The van der Waals surface area contributed by atoms with Gasteiger partial charge in [-0.25, -0.2) is 4.99 Å². The summed E-state index contributed by atoms with van der Waals surface area (Å²) < 4.78 is 5.39. The van der Waals surface area contributed by atoms with E-state index in [2.05, 4.69) is 41.0 Å². The summed E-state index contributed by atoms with van der Waals surface area (Å²) in [4.78, 5) is 20.4. The zero-order valence-corrected chi connectivity index (χ0v) is 14.9. The molecule has 0 saturated carbocycles. The Morgan fingerprint density at radius 3 is 2.92 bits per heavy atom. The van der Waals surface area contributed by atoms with Crippen molar-refractivity contribution in [1.82, 2.24) is 15.1 Å². The van der Waals surface area contributed by atoms with Crippen molar-refractivity contribution in [1.29, 1.82) is 0 Å². The Kier molecular flexibility index (Phi) is 6.66. The first-order valence-electron chi connectivity index (χ1n) is 8.67. The number of rotatable bonds is 7. The SMILES string of the molecule is CCNC(=NCc1ccc(C(N)=O)o1)N(C)CC1CCCN1CC. The smallest absolute Gasteiger partial charge is 0.284 e. The number of likely N-dealkylation sites (N-methyl/N-ethyl adjacent to an activating group) is 2. The van der Waals surface area contributed by atoms with E-state index in [9.17, 15) is 4.79 Å². The molecule has 0 spiro atoms. The second kappa shape index (κ2) is 8.73. The van der Waals surface area contributed by atoms with Gasteiger partial charge in [0.25, 0.3) is 5.91 Å². The van der Waals surface area contributed by atoms with Crippen molar-refractivity contribution in [2.45, 2.75) is 39.3 Å². The van der Waals surface area contributed by atoms with Crippen molar-refractivity contribution >= 4 is 11.9 Å². The van der Waals surface area contributed by atoms with Crippen LogP contribution in [0.25, 0.3) is 0 Å². The molecule has 0 aromatic carbocycles. The number of nitrogens with zero attached hydrogens (tertiary/aromatic N) is 3. The molecule has 3 N–H and O–H groups in total. The lowest BCUT2D eigenvalue weighted by atomic mass is 10.2. The first-order valence-corrected chi connectivity index (χ1v) is 8.67. The Morgan fingerprint density at radius 2 is 2.29 bits per heavy atom. The van der Waals surface area contributed by atoms with Gasteiger partial charge in [-0.15, -0.1) is 0 Å². The maximum Gasteiger partial charge on any atom is 0.284 e. The molecule has 1 amide bonds. The van der Waals surface area contributed by atoms with E-state index < -0.39 is 5.91 Å². The Bertz CT molecular complexity index is 569. The predicted molar refractivity (Wildman–Crippen MR) is 94.9 cm³/mol. The van der Waals surface area contributed by atoms with Crippen molar-refractivity contribution in [3.8, 4) is 0 Å². The molecule has 0 aliphatic carbocycles. The minimum absolute atomic E-state index is 0.170. The average molecular weight is 335 g/mol. The van der Waals surface area contributed by atoms with E-state index in [4.69, 9.17) is 10.2 Å². The normalized spacial score (nSPS) is 18.8. The highest BCUT2D eigenvalue weighted by Crippen LogP contribution is 2.17. The third-order valence-corrected chi connectivity index (χ3v) is 4.38. The second-order valence-corrected chi connectivity index (χ2v) is 6.11. The van der Waals surface area contributed by atoms with Crippen LogP contribution in [0.1, 0.15) is 43.0 Å². The number of furan rings is 1. The third-order valence-electron chi connectivity index (χ3n) is 4.38. The van der Waals surface area contributed by atoms with Crippen LogP contribution < -0.4 is 11.1 Å². The van der Waals surface area contributed by atoms with Gasteiger partial charge >= 0.3 is 0 Å². The van der Waals surface area contributed by atoms with E-state index >= 15 is 0 Å². The van der Waals surface area contributed by atoms with Crippen LogP contribution in [-0.2, 0) is 6.54 Å². The standard InChI is InChI=1S/C17H29N5O2/c1-4-19-17(20-11-14-8-9-15(24-14)16(18)23)21(3)12-13-7-6-10-22(13)5-2/h8-9,13H,4-7,10-12H2,1-3H3,(H2,18,23)(H,19,20). The minimum atomic E-state index is -0.560. The Labute approximate surface area is 143 Å². The van der Waals surface area contributed by atoms with E-state index in [0.29, 0.717) is 18.3 Å². The van der Waals surface area contributed by atoms with Crippen LogP contribution >= 0.6 is 0 Å². The van der Waals surface area contributed by atoms with E-state index in [1.165, 1.54) is 19.4 Å². The number of likely N-dealkylation sites (tertiary alicyclic amines) is 1. The van der Waals surface area contributed by atoms with Crippen LogP contribution in [0.4, 0.5) is 0 Å². The van der Waals surface area contributed by atoms with Gasteiger partial charge in [0, 0.05) is 26.2 Å². The first-order chi connectivity index (χ1) is 11.5. The molecule has 7 nitrogen and oxygen atoms in total. The lowest BCUT2D eigenvalue weighted by Gasteiger charge is -2.29. The number of carbonyl (C=O) groups excluding carboxylic acids is 1. The predicted octanol–water partition coefficient (Wildman–Crippen LogP) is 1.26. The molecule has 1 unspecified atom stereocenters. The van der Waals surface area contributed by atoms with Gasteiger partial charge in [0.15, 0.2) is 11.7 Å². The molecule has 1 saturated heterocycles. The number of hydrogen-bond donors (Lipinski definition) is 2. The van der Waals surface area contributed by atoms with E-state index in [0.717, 1.165) is 25.6 Å². The quantitative estimate of drug-likeness (QED) is 0.579.